The molecule has 2 aromatic carbocycles. The summed E-state index contributed by atoms with van der Waals surface area (Å²) in [6.45, 7) is 9.20. The van der Waals surface area contributed by atoms with E-state index in [-0.39, 0.29) is 23.5 Å². The number of likely N-dealkylation sites (tertiary alicyclic amines) is 1. The minimum atomic E-state index is -0.234. The van der Waals surface area contributed by atoms with Crippen molar-refractivity contribution in [2.45, 2.75) is 82.9 Å². The lowest BCUT2D eigenvalue weighted by atomic mass is 9.50. The van der Waals surface area contributed by atoms with Gasteiger partial charge in [0.05, 0.1) is 13.2 Å². The Kier molecular flexibility index (Phi) is 6.50. The minimum Gasteiger partial charge on any atom is -0.508 e. The number of aromatic hydroxyl groups is 1. The molecule has 2 aliphatic heterocycles. The number of aryl methyl sites for hydroxylation is 1. The van der Waals surface area contributed by atoms with E-state index < -0.39 is 0 Å². The monoisotopic (exact) mass is 554 g/mol. The molecule has 6 heteroatoms. The van der Waals surface area contributed by atoms with Gasteiger partial charge in [-0.3, -0.25) is 9.69 Å². The highest BCUT2D eigenvalue weighted by Crippen LogP contribution is 2.65. The van der Waals surface area contributed by atoms with E-state index in [2.05, 4.69) is 30.6 Å². The number of ether oxygens (including phenoxy) is 2. The second-order valence-electron chi connectivity index (χ2n) is 13.5. The van der Waals surface area contributed by atoms with E-state index in [9.17, 15) is 9.90 Å². The number of nitrogens with zero attached hydrogens (tertiary/aromatic N) is 2. The lowest BCUT2D eigenvalue weighted by Gasteiger charge is -2.60. The number of hydrogen-bond donors (Lipinski definition) is 1. The normalized spacial score (nSPS) is 29.3. The van der Waals surface area contributed by atoms with Gasteiger partial charge in [0.25, 0.3) is 5.91 Å². The molecule has 0 aromatic heterocycles. The van der Waals surface area contributed by atoms with Crippen LogP contribution in [0.1, 0.15) is 68.2 Å². The Bertz CT molecular complexity index is 1440. The summed E-state index contributed by atoms with van der Waals surface area (Å²) < 4.78 is 12.8. The average molecular weight is 555 g/mol. The maximum absolute atomic E-state index is 13.9. The summed E-state index contributed by atoms with van der Waals surface area (Å²) in [5, 5.41) is 11.3. The maximum Gasteiger partial charge on any atom is 0.299 e. The molecule has 3 fully saturated rings. The van der Waals surface area contributed by atoms with E-state index in [1.54, 1.807) is 13.2 Å². The molecule has 7 rings (SSSR count). The Morgan fingerprint density at radius 3 is 2.80 bits per heavy atom. The Morgan fingerprint density at radius 2 is 2.07 bits per heavy atom. The molecule has 2 aromatic rings. The van der Waals surface area contributed by atoms with Crippen molar-refractivity contribution in [3.8, 4) is 29.1 Å². The third kappa shape index (κ3) is 4.31. The van der Waals surface area contributed by atoms with Gasteiger partial charge >= 0.3 is 0 Å². The van der Waals surface area contributed by atoms with Gasteiger partial charge in [-0.25, -0.2) is 0 Å². The second kappa shape index (κ2) is 9.98. The summed E-state index contributed by atoms with van der Waals surface area (Å²) in [5.41, 5.74) is 3.96. The summed E-state index contributed by atoms with van der Waals surface area (Å²) in [4.78, 5) is 18.6. The molecule has 2 bridgehead atoms. The van der Waals surface area contributed by atoms with E-state index in [0.29, 0.717) is 35.9 Å². The summed E-state index contributed by atoms with van der Waals surface area (Å²) in [5.74, 6) is 9.27. The van der Waals surface area contributed by atoms with E-state index in [1.165, 1.54) is 18.4 Å². The van der Waals surface area contributed by atoms with Crippen LogP contribution in [0.3, 0.4) is 0 Å². The molecule has 216 valence electrons. The minimum absolute atomic E-state index is 0.0891. The van der Waals surface area contributed by atoms with Crippen molar-refractivity contribution in [2.75, 3.05) is 26.7 Å². The molecular formula is C35H42N2O4. The van der Waals surface area contributed by atoms with Crippen molar-refractivity contribution in [2.24, 2.45) is 17.8 Å². The molecule has 0 unspecified atom stereocenters. The maximum atomic E-state index is 13.9. The van der Waals surface area contributed by atoms with Gasteiger partial charge in [0.2, 0.25) is 0 Å². The molecule has 3 aliphatic carbocycles. The van der Waals surface area contributed by atoms with Crippen molar-refractivity contribution in [1.29, 1.82) is 0 Å². The first kappa shape index (κ1) is 26.7. The zero-order valence-corrected chi connectivity index (χ0v) is 24.8. The van der Waals surface area contributed by atoms with Crippen LogP contribution in [-0.2, 0) is 16.6 Å². The number of hydrogen-bond acceptors (Lipinski definition) is 5. The van der Waals surface area contributed by atoms with E-state index in [1.807, 2.05) is 36.1 Å². The SMILES string of the molecule is COc1cc(O)c2c3c1O[C@H]1[C@@H](N(CC(C)C)C(=O)C#Cc4cccc(C)c4)CC[C@H]4[C@@H](C2)N(CC2CC2)CC[C@@]341. The van der Waals surface area contributed by atoms with Crippen LogP contribution in [-0.4, -0.2) is 65.7 Å². The number of phenols is 1. The van der Waals surface area contributed by atoms with Gasteiger partial charge in [-0.2, -0.15) is 0 Å². The van der Waals surface area contributed by atoms with Crippen molar-refractivity contribution >= 4 is 5.91 Å². The lowest BCUT2D eigenvalue weighted by molar-refractivity contribution is -0.137. The molecule has 6 nitrogen and oxygen atoms in total. The summed E-state index contributed by atoms with van der Waals surface area (Å²) in [7, 11) is 1.65. The molecule has 1 N–H and O–H groups in total. The molecule has 2 heterocycles. The molecule has 1 amide bonds. The van der Waals surface area contributed by atoms with Crippen LogP contribution in [0.5, 0.6) is 17.2 Å². The number of carbonyl (C=O) groups is 1. The van der Waals surface area contributed by atoms with E-state index in [0.717, 1.165) is 67.1 Å². The highest BCUT2D eigenvalue weighted by Gasteiger charge is 2.67. The van der Waals surface area contributed by atoms with Gasteiger partial charge < -0.3 is 19.5 Å². The first-order valence-electron chi connectivity index (χ1n) is 15.5. The van der Waals surface area contributed by atoms with Crippen LogP contribution >= 0.6 is 0 Å². The summed E-state index contributed by atoms with van der Waals surface area (Å²) in [6, 6.07) is 10.0. The summed E-state index contributed by atoms with van der Waals surface area (Å²) >= 11 is 0. The van der Waals surface area contributed by atoms with Crippen LogP contribution in [0.2, 0.25) is 0 Å². The zero-order chi connectivity index (χ0) is 28.5. The fourth-order valence-electron chi connectivity index (χ4n) is 8.66. The van der Waals surface area contributed by atoms with Crippen LogP contribution < -0.4 is 9.47 Å². The first-order chi connectivity index (χ1) is 19.8. The number of carbonyl (C=O) groups excluding carboxylic acids is 1. The molecule has 2 saturated carbocycles. The van der Waals surface area contributed by atoms with Crippen molar-refractivity contribution in [3.63, 3.8) is 0 Å². The van der Waals surface area contributed by atoms with Crippen molar-refractivity contribution < 1.29 is 19.4 Å². The van der Waals surface area contributed by atoms with Crippen LogP contribution in [0.15, 0.2) is 30.3 Å². The quantitative estimate of drug-likeness (QED) is 0.506. The van der Waals surface area contributed by atoms with Gasteiger partial charge in [-0.15, -0.1) is 0 Å². The Hall–Kier alpha value is -3.17. The van der Waals surface area contributed by atoms with E-state index in [4.69, 9.17) is 9.47 Å². The molecule has 1 saturated heterocycles. The van der Waals surface area contributed by atoms with Gasteiger partial charge in [0, 0.05) is 53.2 Å². The molecule has 5 aliphatic rings. The number of piperidine rings is 1. The summed E-state index contributed by atoms with van der Waals surface area (Å²) in [6.07, 6.45) is 6.27. The Balaban J connectivity index is 1.29. The third-order valence-electron chi connectivity index (χ3n) is 10.5. The van der Waals surface area contributed by atoms with Crippen molar-refractivity contribution in [3.05, 3.63) is 52.6 Å². The van der Waals surface area contributed by atoms with Crippen LogP contribution in [0.4, 0.5) is 0 Å². The molecule has 0 radical (unpaired) electrons. The molecular weight excluding hydrogens is 512 g/mol. The zero-order valence-electron chi connectivity index (χ0n) is 24.8. The molecule has 41 heavy (non-hydrogen) atoms. The fraction of sp³-hybridized carbons (Fsp3) is 0.571. The van der Waals surface area contributed by atoms with Crippen LogP contribution in [0, 0.1) is 36.5 Å². The Morgan fingerprint density at radius 1 is 1.24 bits per heavy atom. The van der Waals surface area contributed by atoms with Gasteiger partial charge in [0.15, 0.2) is 11.5 Å². The third-order valence-corrected chi connectivity index (χ3v) is 10.5. The topological polar surface area (TPSA) is 62.2 Å². The smallest absolute Gasteiger partial charge is 0.299 e. The standard InChI is InChI=1S/C35H42N2O4/c1-21(2)19-37(31(39)13-10-23-7-5-6-22(3)16-23)27-12-11-26-28-17-25-29(38)18-30(40-4)33-32(25)35(26,34(27)41-33)14-15-36(28)20-24-8-9-24/h5-7,16,18,21,24,26-28,34,38H,8-9,11-12,14-15,17,19-20H2,1-4H3/t26-,27-,28+,34-,35-/m0/s1. The largest absolute Gasteiger partial charge is 0.508 e. The lowest BCUT2D eigenvalue weighted by Crippen LogP contribution is -2.69. The second-order valence-corrected chi connectivity index (χ2v) is 13.5. The van der Waals surface area contributed by atoms with Crippen molar-refractivity contribution in [1.82, 2.24) is 9.80 Å². The predicted octanol–water partition coefficient (Wildman–Crippen LogP) is 5.06. The number of phenolic OH excluding ortho intramolecular Hbond substituents is 1. The number of benzene rings is 2. The predicted molar refractivity (Wildman–Crippen MR) is 158 cm³/mol. The highest BCUT2D eigenvalue weighted by molar-refractivity contribution is 5.94. The average Bonchev–Trinajstić information content (AvgIpc) is 3.70. The van der Waals surface area contributed by atoms with Gasteiger partial charge in [-0.05, 0) is 87.4 Å². The fourth-order valence-corrected chi connectivity index (χ4v) is 8.66. The number of rotatable bonds is 6. The number of methoxy groups -OCH3 is 1. The molecule has 5 atom stereocenters. The first-order valence-corrected chi connectivity index (χ1v) is 15.5. The van der Waals surface area contributed by atoms with Gasteiger partial charge in [0.1, 0.15) is 11.9 Å². The number of amides is 1. The highest BCUT2D eigenvalue weighted by atomic mass is 16.5. The van der Waals surface area contributed by atoms with E-state index >= 15 is 0 Å². The van der Waals surface area contributed by atoms with Crippen LogP contribution in [0.25, 0.3) is 0 Å². The molecule has 1 spiro atoms. The Labute approximate surface area is 244 Å². The van der Waals surface area contributed by atoms with Gasteiger partial charge in [-0.1, -0.05) is 31.9 Å².